The predicted octanol–water partition coefficient (Wildman–Crippen LogP) is 1.30. The van der Waals surface area contributed by atoms with E-state index in [9.17, 15) is 4.79 Å². The van der Waals surface area contributed by atoms with Gasteiger partial charge in [0.25, 0.3) is 0 Å². The van der Waals surface area contributed by atoms with Crippen molar-refractivity contribution in [2.45, 2.75) is 50.6 Å². The zero-order chi connectivity index (χ0) is 14.6. The molecule has 4 aliphatic rings. The molecule has 1 amide bonds. The fraction of sp³-hybridized carbons (Fsp3) is 0.941. The molecule has 2 saturated carbocycles. The number of piperidine rings is 2. The number of nitrogens with two attached hydrogens (primary N) is 1. The van der Waals surface area contributed by atoms with Crippen molar-refractivity contribution in [2.24, 2.45) is 29.4 Å². The third-order valence-electron chi connectivity index (χ3n) is 6.92. The lowest BCUT2D eigenvalue weighted by Crippen LogP contribution is -2.56. The van der Waals surface area contributed by atoms with Crippen LogP contribution in [0.1, 0.15) is 38.5 Å². The smallest absolute Gasteiger partial charge is 0.227 e. The minimum Gasteiger partial charge on any atom is -0.342 e. The van der Waals surface area contributed by atoms with Crippen molar-refractivity contribution in [3.8, 4) is 0 Å². The third-order valence-corrected chi connectivity index (χ3v) is 6.92. The topological polar surface area (TPSA) is 49.6 Å². The monoisotopic (exact) mass is 291 g/mol. The van der Waals surface area contributed by atoms with Crippen molar-refractivity contribution in [3.05, 3.63) is 0 Å². The van der Waals surface area contributed by atoms with Gasteiger partial charge in [0, 0.05) is 25.2 Å². The predicted molar refractivity (Wildman–Crippen MR) is 82.6 cm³/mol. The number of nitrogens with zero attached hydrogens (tertiary/aromatic N) is 2. The minimum absolute atomic E-state index is 0.140. The highest BCUT2D eigenvalue weighted by atomic mass is 16.2. The van der Waals surface area contributed by atoms with Crippen molar-refractivity contribution < 1.29 is 4.79 Å². The maximum absolute atomic E-state index is 13.0. The summed E-state index contributed by atoms with van der Waals surface area (Å²) in [5.74, 6) is 2.44. The number of carbonyl (C=O) groups is 1. The molecule has 2 aliphatic carbocycles. The average Bonchev–Trinajstić information content (AvgIpc) is 3.07. The standard InChI is InChI=1S/C17H29N3O/c1-19-7-2-3-13-10-20(8-6-14(13)19)17(21)15-11-4-5-12(9-11)16(15)18/h11-16H,2-10,18H2,1H3. The Morgan fingerprint density at radius 2 is 1.86 bits per heavy atom. The van der Waals surface area contributed by atoms with Gasteiger partial charge >= 0.3 is 0 Å². The first kappa shape index (κ1) is 14.0. The van der Waals surface area contributed by atoms with Gasteiger partial charge in [0.2, 0.25) is 5.91 Å². The van der Waals surface area contributed by atoms with Gasteiger partial charge in [-0.1, -0.05) is 0 Å². The van der Waals surface area contributed by atoms with Crippen molar-refractivity contribution >= 4 is 5.91 Å². The summed E-state index contributed by atoms with van der Waals surface area (Å²) in [6.07, 6.45) is 7.43. The molecule has 0 spiro atoms. The summed E-state index contributed by atoms with van der Waals surface area (Å²) in [7, 11) is 2.25. The summed E-state index contributed by atoms with van der Waals surface area (Å²) in [5.41, 5.74) is 6.37. The molecule has 4 nitrogen and oxygen atoms in total. The lowest BCUT2D eigenvalue weighted by molar-refractivity contribution is -0.141. The molecule has 0 aromatic carbocycles. The maximum Gasteiger partial charge on any atom is 0.227 e. The highest BCUT2D eigenvalue weighted by Gasteiger charge is 2.50. The molecular formula is C17H29N3O. The first-order chi connectivity index (χ1) is 10.1. The third kappa shape index (κ3) is 2.22. The number of likely N-dealkylation sites (tertiary alicyclic amines) is 2. The van der Waals surface area contributed by atoms with E-state index in [1.54, 1.807) is 0 Å². The Morgan fingerprint density at radius 1 is 1.05 bits per heavy atom. The van der Waals surface area contributed by atoms with E-state index in [0.717, 1.165) is 19.5 Å². The Morgan fingerprint density at radius 3 is 2.62 bits per heavy atom. The van der Waals surface area contributed by atoms with E-state index in [4.69, 9.17) is 5.73 Å². The number of hydrogen-bond donors (Lipinski definition) is 1. The Hall–Kier alpha value is -0.610. The van der Waals surface area contributed by atoms with Gasteiger partial charge in [-0.25, -0.2) is 0 Å². The second-order valence-corrected chi connectivity index (χ2v) is 7.96. The molecule has 4 rings (SSSR count). The van der Waals surface area contributed by atoms with Gasteiger partial charge in [-0.15, -0.1) is 0 Å². The van der Waals surface area contributed by atoms with Gasteiger partial charge in [0.1, 0.15) is 0 Å². The lowest BCUT2D eigenvalue weighted by Gasteiger charge is -2.47. The normalized spacial score (nSPS) is 46.7. The van der Waals surface area contributed by atoms with Crippen molar-refractivity contribution in [3.63, 3.8) is 0 Å². The number of hydrogen-bond acceptors (Lipinski definition) is 3. The van der Waals surface area contributed by atoms with E-state index >= 15 is 0 Å². The van der Waals surface area contributed by atoms with Crippen LogP contribution in [0, 0.1) is 23.7 Å². The highest BCUT2D eigenvalue weighted by molar-refractivity contribution is 5.80. The molecule has 4 heteroatoms. The maximum atomic E-state index is 13.0. The number of amides is 1. The molecule has 21 heavy (non-hydrogen) atoms. The molecule has 0 aromatic rings. The molecule has 2 bridgehead atoms. The van der Waals surface area contributed by atoms with E-state index in [0.29, 0.717) is 29.7 Å². The van der Waals surface area contributed by atoms with E-state index in [2.05, 4.69) is 16.8 Å². The van der Waals surface area contributed by atoms with Crippen LogP contribution < -0.4 is 5.73 Å². The summed E-state index contributed by atoms with van der Waals surface area (Å²) in [5, 5.41) is 0. The van der Waals surface area contributed by atoms with Crippen LogP contribution in [0.25, 0.3) is 0 Å². The molecule has 2 heterocycles. The van der Waals surface area contributed by atoms with E-state index in [1.165, 1.54) is 38.6 Å². The molecule has 118 valence electrons. The van der Waals surface area contributed by atoms with E-state index in [-0.39, 0.29) is 12.0 Å². The second-order valence-electron chi connectivity index (χ2n) is 7.96. The van der Waals surface area contributed by atoms with Gasteiger partial charge in [-0.05, 0) is 69.9 Å². The zero-order valence-electron chi connectivity index (χ0n) is 13.2. The fourth-order valence-corrected chi connectivity index (χ4v) is 5.77. The molecule has 4 fully saturated rings. The zero-order valence-corrected chi connectivity index (χ0v) is 13.2. The molecular weight excluding hydrogens is 262 g/mol. The minimum atomic E-state index is 0.140. The van der Waals surface area contributed by atoms with E-state index in [1.807, 2.05) is 0 Å². The van der Waals surface area contributed by atoms with Gasteiger partial charge in [-0.2, -0.15) is 0 Å². The van der Waals surface area contributed by atoms with Gasteiger partial charge in [-0.3, -0.25) is 4.79 Å². The number of fused-ring (bicyclic) bond motifs is 3. The molecule has 6 unspecified atom stereocenters. The molecule has 0 radical (unpaired) electrons. The van der Waals surface area contributed by atoms with Crippen LogP contribution in [-0.2, 0) is 4.79 Å². The Bertz CT molecular complexity index is 424. The van der Waals surface area contributed by atoms with E-state index < -0.39 is 0 Å². The van der Waals surface area contributed by atoms with Crippen LogP contribution in [-0.4, -0.2) is 54.5 Å². The Balaban J connectivity index is 1.44. The quantitative estimate of drug-likeness (QED) is 0.792. The number of rotatable bonds is 1. The van der Waals surface area contributed by atoms with Crippen LogP contribution in [0.4, 0.5) is 0 Å². The van der Waals surface area contributed by atoms with Crippen LogP contribution in [0.3, 0.4) is 0 Å². The summed E-state index contributed by atoms with van der Waals surface area (Å²) >= 11 is 0. The fourth-order valence-electron chi connectivity index (χ4n) is 5.77. The Kier molecular flexibility index (Phi) is 3.49. The van der Waals surface area contributed by atoms with Gasteiger partial charge in [0.15, 0.2) is 0 Å². The van der Waals surface area contributed by atoms with Crippen LogP contribution in [0.2, 0.25) is 0 Å². The molecule has 2 N–H and O–H groups in total. The first-order valence-corrected chi connectivity index (χ1v) is 8.89. The Labute approximate surface area is 128 Å². The summed E-state index contributed by atoms with van der Waals surface area (Å²) in [4.78, 5) is 17.7. The summed E-state index contributed by atoms with van der Waals surface area (Å²) < 4.78 is 0. The highest BCUT2D eigenvalue weighted by Crippen LogP contribution is 2.48. The largest absolute Gasteiger partial charge is 0.342 e. The van der Waals surface area contributed by atoms with Crippen molar-refractivity contribution in [1.82, 2.24) is 9.80 Å². The van der Waals surface area contributed by atoms with Gasteiger partial charge in [0.05, 0.1) is 5.92 Å². The number of carbonyl (C=O) groups excluding carboxylic acids is 1. The van der Waals surface area contributed by atoms with Crippen molar-refractivity contribution in [2.75, 3.05) is 26.7 Å². The van der Waals surface area contributed by atoms with Crippen LogP contribution in [0.5, 0.6) is 0 Å². The first-order valence-electron chi connectivity index (χ1n) is 8.89. The van der Waals surface area contributed by atoms with Crippen LogP contribution >= 0.6 is 0 Å². The summed E-state index contributed by atoms with van der Waals surface area (Å²) in [6.45, 7) is 3.16. The lowest BCUT2D eigenvalue weighted by atomic mass is 9.81. The van der Waals surface area contributed by atoms with Gasteiger partial charge < -0.3 is 15.5 Å². The molecule has 0 aromatic heterocycles. The molecule has 2 saturated heterocycles. The average molecular weight is 291 g/mol. The molecule has 2 aliphatic heterocycles. The summed E-state index contributed by atoms with van der Waals surface area (Å²) in [6, 6.07) is 0.847. The molecule has 6 atom stereocenters. The van der Waals surface area contributed by atoms with Crippen LogP contribution in [0.15, 0.2) is 0 Å². The SMILES string of the molecule is CN1CCCC2CN(C(=O)C3C4CCC(C4)C3N)CCC21. The van der Waals surface area contributed by atoms with Crippen molar-refractivity contribution in [1.29, 1.82) is 0 Å². The second kappa shape index (κ2) is 5.24.